The van der Waals surface area contributed by atoms with Crippen LogP contribution in [0.25, 0.3) is 0 Å². The summed E-state index contributed by atoms with van der Waals surface area (Å²) in [5.41, 5.74) is 3.35. The van der Waals surface area contributed by atoms with Crippen LogP contribution in [0.1, 0.15) is 35.7 Å². The summed E-state index contributed by atoms with van der Waals surface area (Å²) in [7, 11) is 0. The van der Waals surface area contributed by atoms with Crippen molar-refractivity contribution in [2.45, 2.75) is 38.9 Å². The van der Waals surface area contributed by atoms with Gasteiger partial charge < -0.3 is 15.9 Å². The lowest BCUT2D eigenvalue weighted by molar-refractivity contribution is -0.137. The predicted molar refractivity (Wildman–Crippen MR) is 97.0 cm³/mol. The molecule has 0 spiro atoms. The van der Waals surface area contributed by atoms with Crippen LogP contribution in [-0.2, 0) is 17.9 Å². The Kier molecular flexibility index (Phi) is 6.30. The summed E-state index contributed by atoms with van der Waals surface area (Å²) in [5, 5.41) is 19.4. The number of carbonyl (C=O) groups is 2. The molecule has 1 unspecified atom stereocenters. The van der Waals surface area contributed by atoms with Crippen molar-refractivity contribution in [1.29, 1.82) is 0 Å². The number of carboxylic acid groups (broad SMARTS) is 1. The van der Waals surface area contributed by atoms with E-state index in [4.69, 9.17) is 10.8 Å². The molecule has 0 radical (unpaired) electrons. The maximum Gasteiger partial charge on any atom is 0.334 e. The summed E-state index contributed by atoms with van der Waals surface area (Å²) in [6, 6.07) is 6.63. The summed E-state index contributed by atoms with van der Waals surface area (Å²) in [6.07, 6.45) is 1.17. The second-order valence-corrected chi connectivity index (χ2v) is 6.04. The quantitative estimate of drug-likeness (QED) is 0.440. The van der Waals surface area contributed by atoms with Gasteiger partial charge in [-0.05, 0) is 12.0 Å². The molecule has 4 N–H and O–H groups in total. The van der Waals surface area contributed by atoms with Gasteiger partial charge in [-0.3, -0.25) is 23.5 Å². The van der Waals surface area contributed by atoms with E-state index in [0.29, 0.717) is 18.4 Å². The fourth-order valence-electron chi connectivity index (χ4n) is 2.59. The second-order valence-electron chi connectivity index (χ2n) is 6.04. The van der Waals surface area contributed by atoms with E-state index in [9.17, 15) is 24.3 Å². The van der Waals surface area contributed by atoms with E-state index in [0.717, 1.165) is 9.13 Å². The standard InChI is InChI=1S/C18H21N3O6/c1-2-3-9-20-15(23)12(14(22)13(19)17(25)26)16(24)21(18(20)27)10-11-7-5-4-6-8-11/h4-8,13,24H,2-3,9-10,19H2,1H3,(H,25,26). The van der Waals surface area contributed by atoms with Crippen LogP contribution >= 0.6 is 0 Å². The third-order valence-electron chi connectivity index (χ3n) is 4.11. The molecule has 27 heavy (non-hydrogen) atoms. The third-order valence-corrected chi connectivity index (χ3v) is 4.11. The first-order chi connectivity index (χ1) is 12.8. The van der Waals surface area contributed by atoms with Crippen molar-refractivity contribution in [3.8, 4) is 5.88 Å². The molecule has 0 saturated heterocycles. The third kappa shape index (κ3) is 4.14. The molecule has 0 bridgehead atoms. The van der Waals surface area contributed by atoms with E-state index in [1.165, 1.54) is 0 Å². The van der Waals surface area contributed by atoms with Gasteiger partial charge in [0.1, 0.15) is 5.56 Å². The zero-order chi connectivity index (χ0) is 20.1. The van der Waals surface area contributed by atoms with Gasteiger partial charge in [0, 0.05) is 6.54 Å². The smallest absolute Gasteiger partial charge is 0.334 e. The number of carboxylic acids is 1. The van der Waals surface area contributed by atoms with Gasteiger partial charge in [-0.1, -0.05) is 43.7 Å². The Hall–Kier alpha value is -3.20. The number of hydrogen-bond donors (Lipinski definition) is 3. The van der Waals surface area contributed by atoms with Gasteiger partial charge in [-0.2, -0.15) is 0 Å². The Morgan fingerprint density at radius 1 is 1.15 bits per heavy atom. The monoisotopic (exact) mass is 375 g/mol. The normalized spacial score (nSPS) is 11.9. The van der Waals surface area contributed by atoms with Crippen LogP contribution < -0.4 is 17.0 Å². The molecule has 1 aromatic heterocycles. The number of Topliss-reactive ketones (excluding diaryl/α,β-unsaturated/α-hetero) is 1. The number of unbranched alkanes of at least 4 members (excludes halogenated alkanes) is 1. The van der Waals surface area contributed by atoms with E-state index < -0.39 is 40.5 Å². The molecule has 1 aromatic carbocycles. The molecule has 9 nitrogen and oxygen atoms in total. The van der Waals surface area contributed by atoms with Gasteiger partial charge in [0.15, 0.2) is 6.04 Å². The maximum absolute atomic E-state index is 12.7. The average molecular weight is 375 g/mol. The maximum atomic E-state index is 12.7. The largest absolute Gasteiger partial charge is 0.494 e. The molecule has 2 aromatic rings. The first kappa shape index (κ1) is 20.1. The molecule has 1 heterocycles. The highest BCUT2D eigenvalue weighted by Gasteiger charge is 2.31. The lowest BCUT2D eigenvalue weighted by atomic mass is 10.1. The zero-order valence-corrected chi connectivity index (χ0v) is 14.8. The van der Waals surface area contributed by atoms with Crippen molar-refractivity contribution in [1.82, 2.24) is 9.13 Å². The van der Waals surface area contributed by atoms with Crippen molar-refractivity contribution in [3.63, 3.8) is 0 Å². The topological polar surface area (TPSA) is 145 Å². The summed E-state index contributed by atoms with van der Waals surface area (Å²) < 4.78 is 1.70. The van der Waals surface area contributed by atoms with Crippen LogP contribution in [0, 0.1) is 0 Å². The van der Waals surface area contributed by atoms with Crippen LogP contribution in [0.5, 0.6) is 5.88 Å². The molecule has 0 amide bonds. The number of aromatic hydroxyl groups is 1. The molecule has 0 saturated carbocycles. The number of ketones is 1. The second kappa shape index (κ2) is 8.45. The van der Waals surface area contributed by atoms with Crippen molar-refractivity contribution in [2.24, 2.45) is 5.73 Å². The number of nitrogens with two attached hydrogens (primary N) is 1. The Balaban J connectivity index is 2.70. The summed E-state index contributed by atoms with van der Waals surface area (Å²) in [6.45, 7) is 1.80. The molecule has 0 fully saturated rings. The van der Waals surface area contributed by atoms with Crippen LogP contribution in [0.4, 0.5) is 0 Å². The highest BCUT2D eigenvalue weighted by atomic mass is 16.4. The molecular weight excluding hydrogens is 354 g/mol. The summed E-state index contributed by atoms with van der Waals surface area (Å²) in [4.78, 5) is 48.7. The minimum atomic E-state index is -2.02. The van der Waals surface area contributed by atoms with Crippen molar-refractivity contribution in [3.05, 3.63) is 62.3 Å². The Bertz CT molecular complexity index is 962. The molecule has 9 heteroatoms. The molecule has 0 aliphatic heterocycles. The molecule has 0 aliphatic rings. The average Bonchev–Trinajstić information content (AvgIpc) is 2.65. The predicted octanol–water partition coefficient (Wildman–Crippen LogP) is 0.159. The lowest BCUT2D eigenvalue weighted by Gasteiger charge is -2.16. The first-order valence-electron chi connectivity index (χ1n) is 8.42. The molecule has 0 aliphatic carbocycles. The minimum Gasteiger partial charge on any atom is -0.494 e. The van der Waals surface area contributed by atoms with Crippen molar-refractivity contribution in [2.75, 3.05) is 0 Å². The van der Waals surface area contributed by atoms with Gasteiger partial charge in [0.2, 0.25) is 11.7 Å². The highest BCUT2D eigenvalue weighted by molar-refractivity contribution is 6.12. The van der Waals surface area contributed by atoms with E-state index in [1.807, 2.05) is 6.92 Å². The van der Waals surface area contributed by atoms with Crippen LogP contribution in [0.3, 0.4) is 0 Å². The number of rotatable bonds is 8. The minimum absolute atomic E-state index is 0.0336. The van der Waals surface area contributed by atoms with Crippen molar-refractivity contribution >= 4 is 11.8 Å². The number of nitrogens with zero attached hydrogens (tertiary/aromatic N) is 2. The zero-order valence-electron chi connectivity index (χ0n) is 14.8. The lowest BCUT2D eigenvalue weighted by Crippen LogP contribution is -2.47. The SMILES string of the molecule is CCCCn1c(=O)c(C(=O)C(N)C(=O)O)c(O)n(Cc2ccccc2)c1=O. The molecule has 2 rings (SSSR count). The van der Waals surface area contributed by atoms with Gasteiger partial charge in [-0.15, -0.1) is 0 Å². The molecule has 144 valence electrons. The van der Waals surface area contributed by atoms with Crippen molar-refractivity contribution < 1.29 is 19.8 Å². The van der Waals surface area contributed by atoms with Crippen LogP contribution in [0.2, 0.25) is 0 Å². The Morgan fingerprint density at radius 2 is 1.78 bits per heavy atom. The van der Waals surface area contributed by atoms with Gasteiger partial charge in [0.25, 0.3) is 5.56 Å². The van der Waals surface area contributed by atoms with Gasteiger partial charge in [-0.25, -0.2) is 4.79 Å². The summed E-state index contributed by atoms with van der Waals surface area (Å²) in [5.74, 6) is -3.78. The number of aromatic nitrogens is 2. The fourth-order valence-corrected chi connectivity index (χ4v) is 2.59. The number of benzene rings is 1. The van der Waals surface area contributed by atoms with E-state index >= 15 is 0 Å². The number of hydrogen-bond acceptors (Lipinski definition) is 6. The van der Waals surface area contributed by atoms with Crippen LogP contribution in [0.15, 0.2) is 39.9 Å². The summed E-state index contributed by atoms with van der Waals surface area (Å²) >= 11 is 0. The van der Waals surface area contributed by atoms with E-state index in [-0.39, 0.29) is 13.1 Å². The highest BCUT2D eigenvalue weighted by Crippen LogP contribution is 2.15. The Labute approximate surface area is 154 Å². The first-order valence-corrected chi connectivity index (χ1v) is 8.42. The van der Waals surface area contributed by atoms with Gasteiger partial charge >= 0.3 is 11.7 Å². The fraction of sp³-hybridized carbons (Fsp3) is 0.333. The van der Waals surface area contributed by atoms with E-state index in [1.54, 1.807) is 30.3 Å². The molecule has 1 atom stereocenters. The number of carbonyl (C=O) groups excluding carboxylic acids is 1. The van der Waals surface area contributed by atoms with Gasteiger partial charge in [0.05, 0.1) is 6.54 Å². The Morgan fingerprint density at radius 3 is 2.33 bits per heavy atom. The van der Waals surface area contributed by atoms with E-state index in [2.05, 4.69) is 0 Å². The molecular formula is C18H21N3O6. The van der Waals surface area contributed by atoms with Crippen LogP contribution in [-0.4, -0.2) is 37.1 Å². The number of aliphatic carboxylic acids is 1.